The molecular formula is C13H15N3O3S2. The van der Waals surface area contributed by atoms with Crippen molar-refractivity contribution in [1.82, 2.24) is 4.98 Å². The fraction of sp³-hybridized carbons (Fsp3) is 0.231. The number of hydrogen-bond donors (Lipinski definition) is 1. The molecule has 1 amide bonds. The summed E-state index contributed by atoms with van der Waals surface area (Å²) in [6, 6.07) is 6.93. The van der Waals surface area contributed by atoms with E-state index in [1.54, 1.807) is 34.7 Å². The Morgan fingerprint density at radius 1 is 1.43 bits per heavy atom. The third-order valence-electron chi connectivity index (χ3n) is 2.60. The highest BCUT2D eigenvalue weighted by Crippen LogP contribution is 2.21. The van der Waals surface area contributed by atoms with Crippen molar-refractivity contribution in [1.29, 1.82) is 0 Å². The van der Waals surface area contributed by atoms with Gasteiger partial charge >= 0.3 is 0 Å². The molecule has 0 radical (unpaired) electrons. The Balaban J connectivity index is 2.22. The fourth-order valence-electron chi connectivity index (χ4n) is 1.79. The number of benzene rings is 1. The van der Waals surface area contributed by atoms with Crippen molar-refractivity contribution < 1.29 is 13.2 Å². The van der Waals surface area contributed by atoms with Gasteiger partial charge in [0.15, 0.2) is 5.13 Å². The van der Waals surface area contributed by atoms with E-state index in [0.717, 1.165) is 11.8 Å². The van der Waals surface area contributed by atoms with E-state index in [4.69, 9.17) is 0 Å². The minimum atomic E-state index is -3.32. The number of carbonyl (C=O) groups is 1. The lowest BCUT2D eigenvalue weighted by atomic mass is 10.2. The molecular weight excluding hydrogens is 310 g/mol. The van der Waals surface area contributed by atoms with Crippen LogP contribution in [0.25, 0.3) is 0 Å². The quantitative estimate of drug-likeness (QED) is 0.912. The van der Waals surface area contributed by atoms with Gasteiger partial charge in [-0.1, -0.05) is 12.1 Å². The van der Waals surface area contributed by atoms with Gasteiger partial charge in [-0.25, -0.2) is 13.4 Å². The van der Waals surface area contributed by atoms with Crippen LogP contribution >= 0.6 is 11.3 Å². The predicted octanol–water partition coefficient (Wildman–Crippen LogP) is 2.07. The molecule has 1 aromatic carbocycles. The summed E-state index contributed by atoms with van der Waals surface area (Å²) < 4.78 is 24.9. The average Bonchev–Trinajstić information content (AvgIpc) is 2.87. The average molecular weight is 325 g/mol. The van der Waals surface area contributed by atoms with Crippen LogP contribution in [0.15, 0.2) is 35.8 Å². The van der Waals surface area contributed by atoms with E-state index in [0.29, 0.717) is 17.4 Å². The lowest BCUT2D eigenvalue weighted by Gasteiger charge is -2.18. The highest BCUT2D eigenvalue weighted by Gasteiger charge is 2.14. The minimum absolute atomic E-state index is 0.119. The van der Waals surface area contributed by atoms with Gasteiger partial charge in [0, 0.05) is 24.2 Å². The van der Waals surface area contributed by atoms with Crippen LogP contribution < -0.4 is 9.62 Å². The first-order valence-corrected chi connectivity index (χ1v) is 8.86. The zero-order valence-corrected chi connectivity index (χ0v) is 13.2. The van der Waals surface area contributed by atoms with Crippen LogP contribution in [0, 0.1) is 0 Å². The molecule has 0 aliphatic heterocycles. The van der Waals surface area contributed by atoms with E-state index < -0.39 is 10.0 Å². The molecule has 0 aliphatic carbocycles. The molecule has 0 saturated heterocycles. The molecule has 0 saturated carbocycles. The Labute approximate surface area is 127 Å². The number of carbonyl (C=O) groups excluding carboxylic acids is 1. The Hall–Kier alpha value is -1.93. The van der Waals surface area contributed by atoms with Crippen molar-refractivity contribution in [3.8, 4) is 0 Å². The lowest BCUT2D eigenvalue weighted by molar-refractivity contribution is -0.116. The number of nitrogens with one attached hydrogen (secondary N) is 1. The van der Waals surface area contributed by atoms with Gasteiger partial charge in [-0.15, -0.1) is 11.3 Å². The van der Waals surface area contributed by atoms with Gasteiger partial charge in [0.1, 0.15) is 0 Å². The van der Waals surface area contributed by atoms with Crippen LogP contribution in [0.5, 0.6) is 0 Å². The van der Waals surface area contributed by atoms with E-state index in [2.05, 4.69) is 9.71 Å². The molecule has 1 heterocycles. The van der Waals surface area contributed by atoms with Crippen molar-refractivity contribution in [2.45, 2.75) is 13.5 Å². The number of hydrogen-bond acceptors (Lipinski definition) is 5. The third-order valence-corrected chi connectivity index (χ3v) is 4.00. The first-order valence-electron chi connectivity index (χ1n) is 6.09. The first-order chi connectivity index (χ1) is 9.85. The number of anilines is 2. The summed E-state index contributed by atoms with van der Waals surface area (Å²) in [7, 11) is -3.32. The fourth-order valence-corrected chi connectivity index (χ4v) is 3.03. The standard InChI is InChI=1S/C13H15N3O3S2/c1-10(17)16(13-14-6-7-20-13)9-11-4-3-5-12(8-11)15-21(2,18)19/h3-8,15H,9H2,1-2H3. The predicted molar refractivity (Wildman–Crippen MR) is 83.9 cm³/mol. The molecule has 6 nitrogen and oxygen atoms in total. The van der Waals surface area contributed by atoms with Crippen LogP contribution in [-0.2, 0) is 21.4 Å². The summed E-state index contributed by atoms with van der Waals surface area (Å²) in [5, 5.41) is 2.41. The van der Waals surface area contributed by atoms with Gasteiger partial charge in [0.05, 0.1) is 12.8 Å². The number of aromatic nitrogens is 1. The maximum Gasteiger partial charge on any atom is 0.229 e. The SMILES string of the molecule is CC(=O)N(Cc1cccc(NS(C)(=O)=O)c1)c1nccs1. The topological polar surface area (TPSA) is 79.4 Å². The summed E-state index contributed by atoms with van der Waals surface area (Å²) in [5.74, 6) is -0.119. The van der Waals surface area contributed by atoms with Crippen LogP contribution in [0.2, 0.25) is 0 Å². The van der Waals surface area contributed by atoms with Crippen LogP contribution in [0.1, 0.15) is 12.5 Å². The number of amides is 1. The van der Waals surface area contributed by atoms with Gasteiger partial charge in [0.25, 0.3) is 0 Å². The molecule has 2 rings (SSSR count). The summed E-state index contributed by atoms with van der Waals surface area (Å²) in [6.07, 6.45) is 2.73. The number of rotatable bonds is 5. The Kier molecular flexibility index (Phi) is 4.59. The lowest BCUT2D eigenvalue weighted by Crippen LogP contribution is -2.27. The molecule has 0 spiro atoms. The van der Waals surface area contributed by atoms with Crippen LogP contribution in [0.3, 0.4) is 0 Å². The normalized spacial score (nSPS) is 11.1. The molecule has 1 aromatic heterocycles. The van der Waals surface area contributed by atoms with Crippen molar-refractivity contribution in [3.63, 3.8) is 0 Å². The van der Waals surface area contributed by atoms with E-state index in [1.807, 2.05) is 6.07 Å². The molecule has 1 N–H and O–H groups in total. The summed E-state index contributed by atoms with van der Waals surface area (Å²) in [4.78, 5) is 17.4. The monoisotopic (exact) mass is 325 g/mol. The van der Waals surface area contributed by atoms with Crippen molar-refractivity contribution in [2.24, 2.45) is 0 Å². The minimum Gasteiger partial charge on any atom is -0.284 e. The van der Waals surface area contributed by atoms with E-state index in [1.165, 1.54) is 18.3 Å². The summed E-state index contributed by atoms with van der Waals surface area (Å²) in [5.41, 5.74) is 1.28. The van der Waals surface area contributed by atoms with Crippen molar-refractivity contribution in [3.05, 3.63) is 41.4 Å². The molecule has 0 fully saturated rings. The third kappa shape index (κ3) is 4.54. The maximum absolute atomic E-state index is 11.7. The molecule has 0 unspecified atom stereocenters. The number of sulfonamides is 1. The molecule has 112 valence electrons. The molecule has 2 aromatic rings. The van der Waals surface area contributed by atoms with E-state index in [-0.39, 0.29) is 5.91 Å². The maximum atomic E-state index is 11.7. The van der Waals surface area contributed by atoms with E-state index in [9.17, 15) is 13.2 Å². The molecule has 8 heteroatoms. The Morgan fingerprint density at radius 3 is 2.76 bits per heavy atom. The second-order valence-corrected chi connectivity index (χ2v) is 7.12. The summed E-state index contributed by atoms with van der Waals surface area (Å²) in [6.45, 7) is 1.81. The van der Waals surface area contributed by atoms with Crippen LogP contribution in [0.4, 0.5) is 10.8 Å². The molecule has 0 bridgehead atoms. The smallest absolute Gasteiger partial charge is 0.229 e. The van der Waals surface area contributed by atoms with Gasteiger partial charge in [0.2, 0.25) is 15.9 Å². The van der Waals surface area contributed by atoms with Gasteiger partial charge in [-0.2, -0.15) is 0 Å². The number of thiazole rings is 1. The zero-order chi connectivity index (χ0) is 15.5. The molecule has 0 aliphatic rings. The molecule has 21 heavy (non-hydrogen) atoms. The first kappa shape index (κ1) is 15.5. The summed E-state index contributed by atoms with van der Waals surface area (Å²) >= 11 is 1.38. The van der Waals surface area contributed by atoms with E-state index >= 15 is 0 Å². The van der Waals surface area contributed by atoms with Crippen LogP contribution in [-0.4, -0.2) is 25.6 Å². The second kappa shape index (κ2) is 6.23. The second-order valence-electron chi connectivity index (χ2n) is 4.49. The van der Waals surface area contributed by atoms with Crippen molar-refractivity contribution in [2.75, 3.05) is 15.9 Å². The number of nitrogens with zero attached hydrogens (tertiary/aromatic N) is 2. The highest BCUT2D eigenvalue weighted by molar-refractivity contribution is 7.92. The Morgan fingerprint density at radius 2 is 2.19 bits per heavy atom. The van der Waals surface area contributed by atoms with Gasteiger partial charge in [-0.3, -0.25) is 14.4 Å². The van der Waals surface area contributed by atoms with Gasteiger partial charge in [-0.05, 0) is 17.7 Å². The van der Waals surface area contributed by atoms with Gasteiger partial charge < -0.3 is 0 Å². The van der Waals surface area contributed by atoms with Crippen molar-refractivity contribution >= 4 is 38.1 Å². The molecule has 0 atom stereocenters. The largest absolute Gasteiger partial charge is 0.284 e. The zero-order valence-electron chi connectivity index (χ0n) is 11.6. The highest BCUT2D eigenvalue weighted by atomic mass is 32.2. The Bertz CT molecular complexity index is 727.